The van der Waals surface area contributed by atoms with E-state index < -0.39 is 11.8 Å². The van der Waals surface area contributed by atoms with E-state index in [-0.39, 0.29) is 23.9 Å². The van der Waals surface area contributed by atoms with Gasteiger partial charge in [0.15, 0.2) is 0 Å². The van der Waals surface area contributed by atoms with Gasteiger partial charge in [-0.15, -0.1) is 0 Å². The maximum Gasteiger partial charge on any atom is 0.335 e. The fourth-order valence-corrected chi connectivity index (χ4v) is 4.53. The quantitative estimate of drug-likeness (QED) is 0.493. The summed E-state index contributed by atoms with van der Waals surface area (Å²) in [6.45, 7) is 0.266. The second-order valence-corrected chi connectivity index (χ2v) is 8.53. The van der Waals surface area contributed by atoms with Crippen molar-refractivity contribution in [1.29, 1.82) is 0 Å². The molecule has 176 valence electrons. The van der Waals surface area contributed by atoms with Gasteiger partial charge in [0, 0.05) is 34.3 Å². The number of hydrogen-bond donors (Lipinski definition) is 2. The standard InChI is InChI=1S/C26H20ClFN4O3/c1-35-21-4-2-3-20(28)22(21)24-19-11-16(27)7-10-18(19)23-15(12-29-24)13-30-26(32-23)31-17-8-5-14(6-9-17)25(33)34/h2-11,13,18-19H,12H2,1H3,(H,33,34)(H,30,31,32). The van der Waals surface area contributed by atoms with Gasteiger partial charge in [0.05, 0.1) is 36.2 Å². The lowest BCUT2D eigenvalue weighted by Gasteiger charge is -2.26. The number of fused-ring (bicyclic) bond motifs is 3. The molecule has 2 aliphatic rings. The van der Waals surface area contributed by atoms with Crippen LogP contribution in [0.1, 0.15) is 33.1 Å². The lowest BCUT2D eigenvalue weighted by Crippen LogP contribution is -2.24. The van der Waals surface area contributed by atoms with Gasteiger partial charge in [-0.3, -0.25) is 4.99 Å². The molecule has 2 atom stereocenters. The summed E-state index contributed by atoms with van der Waals surface area (Å²) >= 11 is 6.36. The van der Waals surface area contributed by atoms with Crippen LogP contribution in [0.3, 0.4) is 0 Å². The molecule has 1 aliphatic heterocycles. The Labute approximate surface area is 205 Å². The van der Waals surface area contributed by atoms with Crippen molar-refractivity contribution in [3.05, 3.63) is 100 Å². The number of halogens is 2. The molecule has 0 saturated carbocycles. The molecule has 1 aromatic heterocycles. The number of carboxylic acid groups (broad SMARTS) is 1. The first-order valence-electron chi connectivity index (χ1n) is 10.8. The average molecular weight is 491 g/mol. The Morgan fingerprint density at radius 2 is 2.00 bits per heavy atom. The molecule has 0 spiro atoms. The third-order valence-corrected chi connectivity index (χ3v) is 6.23. The monoisotopic (exact) mass is 490 g/mol. The molecule has 35 heavy (non-hydrogen) atoms. The smallest absolute Gasteiger partial charge is 0.335 e. The Morgan fingerprint density at radius 3 is 2.74 bits per heavy atom. The molecule has 1 aliphatic carbocycles. The fraction of sp³-hybridized carbons (Fsp3) is 0.154. The highest BCUT2D eigenvalue weighted by atomic mass is 35.5. The molecule has 3 aromatic rings. The van der Waals surface area contributed by atoms with Crippen LogP contribution in [0.4, 0.5) is 16.0 Å². The number of carbonyl (C=O) groups is 1. The number of aromatic carboxylic acids is 1. The molecule has 2 unspecified atom stereocenters. The summed E-state index contributed by atoms with van der Waals surface area (Å²) in [5.74, 6) is -1.29. The van der Waals surface area contributed by atoms with E-state index in [4.69, 9.17) is 31.4 Å². The van der Waals surface area contributed by atoms with E-state index in [2.05, 4.69) is 10.3 Å². The second-order valence-electron chi connectivity index (χ2n) is 8.09. The lowest BCUT2D eigenvalue weighted by molar-refractivity contribution is 0.0697. The highest BCUT2D eigenvalue weighted by molar-refractivity contribution is 6.31. The molecular weight excluding hydrogens is 471 g/mol. The van der Waals surface area contributed by atoms with Crippen molar-refractivity contribution in [2.45, 2.75) is 12.5 Å². The number of nitrogens with one attached hydrogen (secondary N) is 1. The van der Waals surface area contributed by atoms with E-state index in [0.717, 1.165) is 11.3 Å². The van der Waals surface area contributed by atoms with E-state index in [0.29, 0.717) is 33.7 Å². The highest BCUT2D eigenvalue weighted by Crippen LogP contribution is 2.40. The van der Waals surface area contributed by atoms with E-state index in [9.17, 15) is 4.79 Å². The summed E-state index contributed by atoms with van der Waals surface area (Å²) < 4.78 is 20.5. The number of carboxylic acids is 1. The number of benzene rings is 2. The van der Waals surface area contributed by atoms with Crippen molar-refractivity contribution in [2.75, 3.05) is 12.4 Å². The maximum absolute atomic E-state index is 15.0. The summed E-state index contributed by atoms with van der Waals surface area (Å²) in [6.07, 6.45) is 7.30. The summed E-state index contributed by atoms with van der Waals surface area (Å²) in [6, 6.07) is 11.0. The Kier molecular flexibility index (Phi) is 6.05. The lowest BCUT2D eigenvalue weighted by atomic mass is 9.79. The van der Waals surface area contributed by atoms with Crippen molar-refractivity contribution >= 4 is 34.9 Å². The van der Waals surface area contributed by atoms with Crippen molar-refractivity contribution in [3.63, 3.8) is 0 Å². The minimum atomic E-state index is -0.998. The Balaban J connectivity index is 1.53. The predicted molar refractivity (Wildman–Crippen MR) is 131 cm³/mol. The number of rotatable bonds is 5. The number of hydrogen-bond acceptors (Lipinski definition) is 6. The molecule has 2 heterocycles. The molecule has 0 amide bonds. The van der Waals surface area contributed by atoms with Gasteiger partial charge in [0.2, 0.25) is 5.95 Å². The number of anilines is 2. The van der Waals surface area contributed by atoms with E-state index in [1.54, 1.807) is 36.5 Å². The first kappa shape index (κ1) is 22.7. The molecule has 2 N–H and O–H groups in total. The summed E-state index contributed by atoms with van der Waals surface area (Å²) in [5, 5.41) is 12.7. The SMILES string of the molecule is COc1cccc(F)c1C1=NCc2cnc(Nc3ccc(C(=O)O)cc3)nc2C2C=CC(Cl)=CC12. The fourth-order valence-electron chi connectivity index (χ4n) is 4.32. The van der Waals surface area contributed by atoms with E-state index >= 15 is 4.39 Å². The molecule has 0 bridgehead atoms. The molecular formula is C26H20ClFN4O3. The molecule has 5 rings (SSSR count). The molecule has 2 aromatic carbocycles. The van der Waals surface area contributed by atoms with Crippen LogP contribution >= 0.6 is 11.6 Å². The number of nitrogens with zero attached hydrogens (tertiary/aromatic N) is 3. The van der Waals surface area contributed by atoms with Crippen LogP contribution in [0.15, 0.2) is 76.9 Å². The topological polar surface area (TPSA) is 96.7 Å². The minimum Gasteiger partial charge on any atom is -0.496 e. The predicted octanol–water partition coefficient (Wildman–Crippen LogP) is 5.46. The van der Waals surface area contributed by atoms with Gasteiger partial charge in [0.25, 0.3) is 0 Å². The molecule has 9 heteroatoms. The first-order valence-corrected chi connectivity index (χ1v) is 11.2. The summed E-state index contributed by atoms with van der Waals surface area (Å²) in [5.41, 5.74) is 3.23. The first-order chi connectivity index (χ1) is 16.9. The summed E-state index contributed by atoms with van der Waals surface area (Å²) in [7, 11) is 1.50. The number of allylic oxidation sites excluding steroid dienone is 4. The third-order valence-electron chi connectivity index (χ3n) is 5.98. The normalized spacial score (nSPS) is 18.5. The van der Waals surface area contributed by atoms with Gasteiger partial charge in [0.1, 0.15) is 11.6 Å². The molecule has 0 fully saturated rings. The number of ether oxygens (including phenoxy) is 1. The Bertz CT molecular complexity index is 1400. The van der Waals surface area contributed by atoms with Crippen LogP contribution in [-0.4, -0.2) is 33.9 Å². The van der Waals surface area contributed by atoms with Crippen LogP contribution in [0, 0.1) is 11.7 Å². The Morgan fingerprint density at radius 1 is 1.20 bits per heavy atom. The zero-order valence-corrected chi connectivity index (χ0v) is 19.3. The average Bonchev–Trinajstić information content (AvgIpc) is 3.00. The Hall–Kier alpha value is -4.04. The van der Waals surface area contributed by atoms with Crippen molar-refractivity contribution in [1.82, 2.24) is 9.97 Å². The minimum absolute atomic E-state index is 0.186. The number of methoxy groups -OCH3 is 1. The van der Waals surface area contributed by atoms with Crippen LogP contribution in [-0.2, 0) is 6.54 Å². The van der Waals surface area contributed by atoms with Crippen LogP contribution in [0.2, 0.25) is 0 Å². The van der Waals surface area contributed by atoms with Gasteiger partial charge in [-0.05, 0) is 42.5 Å². The zero-order valence-electron chi connectivity index (χ0n) is 18.6. The number of aliphatic imine (C=N–C) groups is 1. The largest absolute Gasteiger partial charge is 0.496 e. The highest BCUT2D eigenvalue weighted by Gasteiger charge is 2.35. The van der Waals surface area contributed by atoms with Crippen LogP contribution in [0.25, 0.3) is 0 Å². The van der Waals surface area contributed by atoms with Crippen molar-refractivity contribution in [2.24, 2.45) is 10.9 Å². The van der Waals surface area contributed by atoms with Gasteiger partial charge in [-0.2, -0.15) is 0 Å². The number of aromatic nitrogens is 2. The van der Waals surface area contributed by atoms with Gasteiger partial charge >= 0.3 is 5.97 Å². The van der Waals surface area contributed by atoms with Gasteiger partial charge < -0.3 is 15.2 Å². The second kappa shape index (κ2) is 9.31. The summed E-state index contributed by atoms with van der Waals surface area (Å²) in [4.78, 5) is 25.1. The van der Waals surface area contributed by atoms with Crippen LogP contribution < -0.4 is 10.1 Å². The zero-order chi connectivity index (χ0) is 24.5. The van der Waals surface area contributed by atoms with Gasteiger partial charge in [-0.25, -0.2) is 19.2 Å². The molecule has 0 radical (unpaired) electrons. The molecule has 7 nitrogen and oxygen atoms in total. The van der Waals surface area contributed by atoms with Gasteiger partial charge in [-0.1, -0.05) is 29.8 Å². The van der Waals surface area contributed by atoms with Crippen LogP contribution in [0.5, 0.6) is 5.75 Å². The van der Waals surface area contributed by atoms with E-state index in [1.165, 1.54) is 25.3 Å². The maximum atomic E-state index is 15.0. The van der Waals surface area contributed by atoms with Crippen molar-refractivity contribution in [3.8, 4) is 5.75 Å². The van der Waals surface area contributed by atoms with E-state index in [1.807, 2.05) is 12.2 Å². The molecule has 0 saturated heterocycles. The third kappa shape index (κ3) is 4.40. The van der Waals surface area contributed by atoms with Crippen molar-refractivity contribution < 1.29 is 19.0 Å².